The van der Waals surface area contributed by atoms with E-state index >= 15 is 0 Å². The van der Waals surface area contributed by atoms with Gasteiger partial charge >= 0.3 is 0 Å². The highest BCUT2D eigenvalue weighted by molar-refractivity contribution is 6.30. The molecule has 0 bridgehead atoms. The second kappa shape index (κ2) is 7.47. The van der Waals surface area contributed by atoms with Crippen molar-refractivity contribution in [2.75, 3.05) is 18.9 Å². The summed E-state index contributed by atoms with van der Waals surface area (Å²) in [6.45, 7) is 6.98. The molecule has 0 spiro atoms. The molecule has 0 radical (unpaired) electrons. The number of aliphatic imine (C=N–C) groups is 1. The van der Waals surface area contributed by atoms with Gasteiger partial charge in [-0.2, -0.15) is 0 Å². The Balaban J connectivity index is 2.25. The van der Waals surface area contributed by atoms with Crippen molar-refractivity contribution in [2.45, 2.75) is 20.8 Å². The Morgan fingerprint density at radius 2 is 1.96 bits per heavy atom. The monoisotopic (exact) mass is 333 g/mol. The van der Waals surface area contributed by atoms with Gasteiger partial charge in [0.1, 0.15) is 5.82 Å². The van der Waals surface area contributed by atoms with Gasteiger partial charge in [0.05, 0.1) is 17.0 Å². The third kappa shape index (κ3) is 4.45. The zero-order valence-corrected chi connectivity index (χ0v) is 14.6. The molecule has 0 aliphatic rings. The van der Waals surface area contributed by atoms with E-state index in [4.69, 9.17) is 11.6 Å². The molecule has 2 aromatic carbocycles. The number of benzene rings is 2. The van der Waals surface area contributed by atoms with E-state index in [0.717, 1.165) is 29.0 Å². The second-order valence-electron chi connectivity index (χ2n) is 5.53. The van der Waals surface area contributed by atoms with Gasteiger partial charge in [-0.15, -0.1) is 0 Å². The van der Waals surface area contributed by atoms with E-state index in [1.54, 1.807) is 12.1 Å². The van der Waals surface area contributed by atoms with Crippen LogP contribution >= 0.6 is 11.6 Å². The van der Waals surface area contributed by atoms with Gasteiger partial charge in [-0.05, 0) is 62.2 Å². The summed E-state index contributed by atoms with van der Waals surface area (Å²) in [5.74, 6) is -0.435. The Bertz CT molecular complexity index is 728. The third-order valence-electron chi connectivity index (χ3n) is 3.63. The molecule has 5 heteroatoms. The van der Waals surface area contributed by atoms with E-state index in [1.807, 2.05) is 44.3 Å². The van der Waals surface area contributed by atoms with E-state index in [1.165, 1.54) is 6.07 Å². The van der Waals surface area contributed by atoms with Crippen molar-refractivity contribution in [3.8, 4) is 0 Å². The summed E-state index contributed by atoms with van der Waals surface area (Å²) in [6.07, 6.45) is 1.82. The molecule has 0 aliphatic heterocycles. The van der Waals surface area contributed by atoms with Crippen molar-refractivity contribution in [1.82, 2.24) is 4.90 Å². The van der Waals surface area contributed by atoms with Crippen LogP contribution in [0.1, 0.15) is 18.1 Å². The maximum absolute atomic E-state index is 13.5. The molecule has 2 aromatic rings. The highest BCUT2D eigenvalue weighted by atomic mass is 35.5. The summed E-state index contributed by atoms with van der Waals surface area (Å²) in [5.41, 5.74) is 4.60. The van der Waals surface area contributed by atoms with Crippen molar-refractivity contribution >= 4 is 35.0 Å². The summed E-state index contributed by atoms with van der Waals surface area (Å²) in [5, 5.41) is 3.34. The number of aryl methyl sites for hydroxylation is 2. The first-order chi connectivity index (χ1) is 10.9. The fourth-order valence-electron chi connectivity index (χ4n) is 2.05. The molecule has 1 N–H and O–H groups in total. The Morgan fingerprint density at radius 1 is 1.22 bits per heavy atom. The molecule has 0 amide bonds. The zero-order chi connectivity index (χ0) is 17.0. The van der Waals surface area contributed by atoms with Crippen LogP contribution in [0.5, 0.6) is 0 Å². The molecular formula is C18H21ClFN3. The van der Waals surface area contributed by atoms with Crippen LogP contribution in [0.4, 0.5) is 21.5 Å². The van der Waals surface area contributed by atoms with Crippen LogP contribution in [0.2, 0.25) is 5.02 Å². The lowest BCUT2D eigenvalue weighted by molar-refractivity contribution is 0.552. The number of halogens is 2. The number of rotatable bonds is 5. The van der Waals surface area contributed by atoms with E-state index in [0.29, 0.717) is 5.69 Å². The molecule has 0 atom stereocenters. The fourth-order valence-corrected chi connectivity index (χ4v) is 2.16. The van der Waals surface area contributed by atoms with E-state index < -0.39 is 5.82 Å². The Labute approximate surface area is 141 Å². The lowest BCUT2D eigenvalue weighted by atomic mass is 10.1. The van der Waals surface area contributed by atoms with Crippen molar-refractivity contribution in [3.05, 3.63) is 52.3 Å². The van der Waals surface area contributed by atoms with Crippen molar-refractivity contribution in [2.24, 2.45) is 4.99 Å². The average Bonchev–Trinajstić information content (AvgIpc) is 2.52. The van der Waals surface area contributed by atoms with Crippen molar-refractivity contribution in [3.63, 3.8) is 0 Å². The molecule has 0 fully saturated rings. The van der Waals surface area contributed by atoms with Crippen LogP contribution < -0.4 is 5.32 Å². The molecule has 0 heterocycles. The third-order valence-corrected chi connectivity index (χ3v) is 3.94. The predicted molar refractivity (Wildman–Crippen MR) is 97.1 cm³/mol. The topological polar surface area (TPSA) is 27.6 Å². The van der Waals surface area contributed by atoms with Crippen LogP contribution in [-0.2, 0) is 0 Å². The largest absolute Gasteiger partial charge is 0.366 e. The molecule has 3 nitrogen and oxygen atoms in total. The number of nitrogens with zero attached hydrogens (tertiary/aromatic N) is 2. The number of hydrogen-bond donors (Lipinski definition) is 1. The molecule has 122 valence electrons. The minimum Gasteiger partial charge on any atom is -0.366 e. The van der Waals surface area contributed by atoms with Gasteiger partial charge in [-0.3, -0.25) is 0 Å². The standard InChI is InChI=1S/C18H21ClFN3/c1-5-23(4)11-21-17-8-13(3)18(9-12(17)2)22-14-6-7-15(19)16(20)10-14/h6-11,22H,5H2,1-4H3. The molecule has 0 saturated carbocycles. The minimum absolute atomic E-state index is 0.119. The number of nitrogens with one attached hydrogen (secondary N) is 1. The van der Waals surface area contributed by atoms with Gasteiger partial charge < -0.3 is 10.2 Å². The second-order valence-corrected chi connectivity index (χ2v) is 5.93. The Kier molecular flexibility index (Phi) is 5.61. The first-order valence-corrected chi connectivity index (χ1v) is 7.86. The average molecular weight is 334 g/mol. The summed E-state index contributed by atoms with van der Waals surface area (Å²) in [4.78, 5) is 6.52. The Hall–Kier alpha value is -2.07. The lowest BCUT2D eigenvalue weighted by Gasteiger charge is -2.13. The maximum atomic E-state index is 13.5. The van der Waals surface area contributed by atoms with Crippen LogP contribution in [0.3, 0.4) is 0 Å². The molecule has 0 aromatic heterocycles. The van der Waals surface area contributed by atoms with Crippen LogP contribution in [0.15, 0.2) is 35.3 Å². The first kappa shape index (κ1) is 17.3. The van der Waals surface area contributed by atoms with Gasteiger partial charge in [0.15, 0.2) is 0 Å². The summed E-state index contributed by atoms with van der Waals surface area (Å²) in [7, 11) is 1.98. The van der Waals surface area contributed by atoms with Crippen LogP contribution in [0, 0.1) is 19.7 Å². The van der Waals surface area contributed by atoms with Gasteiger partial charge in [-0.25, -0.2) is 9.38 Å². The first-order valence-electron chi connectivity index (χ1n) is 7.48. The summed E-state index contributed by atoms with van der Waals surface area (Å²) in [6, 6.07) is 8.72. The quantitative estimate of drug-likeness (QED) is 0.582. The summed E-state index contributed by atoms with van der Waals surface area (Å²) < 4.78 is 13.5. The predicted octanol–water partition coefficient (Wildman–Crippen LogP) is 5.45. The minimum atomic E-state index is -0.435. The van der Waals surface area contributed by atoms with Crippen molar-refractivity contribution in [1.29, 1.82) is 0 Å². The SMILES string of the molecule is CCN(C)C=Nc1cc(C)c(Nc2ccc(Cl)c(F)c2)cc1C. The van der Waals surface area contributed by atoms with Crippen LogP contribution in [-0.4, -0.2) is 24.8 Å². The van der Waals surface area contributed by atoms with E-state index in [9.17, 15) is 4.39 Å². The maximum Gasteiger partial charge on any atom is 0.143 e. The summed E-state index contributed by atoms with van der Waals surface area (Å²) >= 11 is 5.71. The highest BCUT2D eigenvalue weighted by Gasteiger charge is 2.06. The van der Waals surface area contributed by atoms with Gasteiger partial charge in [0.25, 0.3) is 0 Å². The van der Waals surface area contributed by atoms with Gasteiger partial charge in [0, 0.05) is 25.0 Å². The van der Waals surface area contributed by atoms with E-state index in [2.05, 4.69) is 17.2 Å². The lowest BCUT2D eigenvalue weighted by Crippen LogP contribution is -2.14. The van der Waals surface area contributed by atoms with Crippen LogP contribution in [0.25, 0.3) is 0 Å². The van der Waals surface area contributed by atoms with E-state index in [-0.39, 0.29) is 5.02 Å². The zero-order valence-electron chi connectivity index (χ0n) is 13.8. The molecular weight excluding hydrogens is 313 g/mol. The number of hydrogen-bond acceptors (Lipinski definition) is 2. The fraction of sp³-hybridized carbons (Fsp3) is 0.278. The number of anilines is 2. The molecule has 0 unspecified atom stereocenters. The highest BCUT2D eigenvalue weighted by Crippen LogP contribution is 2.29. The Morgan fingerprint density at radius 3 is 2.61 bits per heavy atom. The van der Waals surface area contributed by atoms with Gasteiger partial charge in [-0.1, -0.05) is 11.6 Å². The molecule has 2 rings (SSSR count). The molecule has 23 heavy (non-hydrogen) atoms. The molecule has 0 aliphatic carbocycles. The van der Waals surface area contributed by atoms with Crippen molar-refractivity contribution < 1.29 is 4.39 Å². The molecule has 0 saturated heterocycles. The van der Waals surface area contributed by atoms with Gasteiger partial charge in [0.2, 0.25) is 0 Å². The normalized spacial score (nSPS) is 11.0. The smallest absolute Gasteiger partial charge is 0.143 e.